The van der Waals surface area contributed by atoms with Gasteiger partial charge in [0.25, 0.3) is 0 Å². The van der Waals surface area contributed by atoms with Gasteiger partial charge in [-0.2, -0.15) is 0 Å². The molecule has 0 bridgehead atoms. The van der Waals surface area contributed by atoms with Crippen LogP contribution in [0.1, 0.15) is 12.5 Å². The van der Waals surface area contributed by atoms with Crippen molar-refractivity contribution < 1.29 is 5.21 Å². The van der Waals surface area contributed by atoms with Crippen LogP contribution in [0.15, 0.2) is 42.1 Å². The second-order valence-electron chi connectivity index (χ2n) is 2.90. The molecule has 1 aromatic rings. The highest BCUT2D eigenvalue weighted by Gasteiger charge is 2.03. The maximum atomic E-state index is 8.68. The Hall–Kier alpha value is -1.77. The van der Waals surface area contributed by atoms with Crippen LogP contribution in [-0.2, 0) is 0 Å². The Morgan fingerprint density at radius 3 is 2.93 bits per heavy atom. The monoisotopic (exact) mass is 190 g/mol. The highest BCUT2D eigenvalue weighted by Crippen LogP contribution is 2.15. The first-order valence-electron chi connectivity index (χ1n) is 4.42. The third-order valence-corrected chi connectivity index (χ3v) is 1.90. The molecule has 0 unspecified atom stereocenters. The van der Waals surface area contributed by atoms with E-state index in [1.54, 1.807) is 13.0 Å². The zero-order valence-electron chi connectivity index (χ0n) is 8.20. The molecule has 3 heteroatoms. The molecule has 0 fully saturated rings. The van der Waals surface area contributed by atoms with E-state index in [1.165, 1.54) is 0 Å². The van der Waals surface area contributed by atoms with Crippen LogP contribution in [0.5, 0.6) is 0 Å². The lowest BCUT2D eigenvalue weighted by Gasteiger charge is -2.08. The van der Waals surface area contributed by atoms with Crippen molar-refractivity contribution in [1.82, 2.24) is 0 Å². The summed E-state index contributed by atoms with van der Waals surface area (Å²) in [7, 11) is 0. The van der Waals surface area contributed by atoms with Crippen molar-refractivity contribution in [3.05, 3.63) is 42.5 Å². The van der Waals surface area contributed by atoms with Gasteiger partial charge in [-0.25, -0.2) is 0 Å². The van der Waals surface area contributed by atoms with Crippen LogP contribution in [0.25, 0.3) is 0 Å². The number of rotatable bonds is 4. The molecule has 0 amide bonds. The van der Waals surface area contributed by atoms with Crippen molar-refractivity contribution in [2.24, 2.45) is 5.16 Å². The molecule has 0 saturated carbocycles. The van der Waals surface area contributed by atoms with E-state index in [4.69, 9.17) is 5.21 Å². The molecule has 74 valence electrons. The molecule has 14 heavy (non-hydrogen) atoms. The van der Waals surface area contributed by atoms with Gasteiger partial charge in [-0.1, -0.05) is 29.4 Å². The van der Waals surface area contributed by atoms with Crippen LogP contribution >= 0.6 is 0 Å². The summed E-state index contributed by atoms with van der Waals surface area (Å²) in [6.45, 7) is 6.08. The second-order valence-corrected chi connectivity index (χ2v) is 2.90. The summed E-state index contributed by atoms with van der Waals surface area (Å²) >= 11 is 0. The normalized spacial score (nSPS) is 11.1. The minimum Gasteiger partial charge on any atom is -0.411 e. The topological polar surface area (TPSA) is 44.6 Å². The number of nitrogens with one attached hydrogen (secondary N) is 1. The fourth-order valence-electron chi connectivity index (χ4n) is 1.19. The van der Waals surface area contributed by atoms with Gasteiger partial charge >= 0.3 is 0 Å². The van der Waals surface area contributed by atoms with Gasteiger partial charge in [-0.05, 0) is 13.0 Å². The van der Waals surface area contributed by atoms with Crippen LogP contribution in [0.4, 0.5) is 5.69 Å². The average molecular weight is 190 g/mol. The fraction of sp³-hybridized carbons (Fsp3) is 0.182. The van der Waals surface area contributed by atoms with Crippen molar-refractivity contribution in [1.29, 1.82) is 0 Å². The standard InChI is InChI=1S/C11H14N2O/c1-3-8-12-11-7-5-4-6-10(11)9(2)13-14/h3-7,12,14H,1,8H2,2H3/b13-9-. The van der Waals surface area contributed by atoms with Crippen molar-refractivity contribution in [2.75, 3.05) is 11.9 Å². The summed E-state index contributed by atoms with van der Waals surface area (Å²) in [5.74, 6) is 0. The number of hydrogen-bond acceptors (Lipinski definition) is 3. The molecule has 0 aliphatic carbocycles. The van der Waals surface area contributed by atoms with E-state index in [9.17, 15) is 0 Å². The summed E-state index contributed by atoms with van der Waals surface area (Å²) < 4.78 is 0. The van der Waals surface area contributed by atoms with Crippen molar-refractivity contribution in [2.45, 2.75) is 6.92 Å². The number of nitrogens with zero attached hydrogens (tertiary/aromatic N) is 1. The molecular weight excluding hydrogens is 176 g/mol. The summed E-state index contributed by atoms with van der Waals surface area (Å²) in [6, 6.07) is 7.68. The van der Waals surface area contributed by atoms with Gasteiger partial charge in [0.15, 0.2) is 0 Å². The zero-order valence-corrected chi connectivity index (χ0v) is 8.20. The molecule has 0 radical (unpaired) electrons. The van der Waals surface area contributed by atoms with Gasteiger partial charge in [-0.3, -0.25) is 0 Å². The van der Waals surface area contributed by atoms with Gasteiger partial charge in [0.1, 0.15) is 0 Å². The minimum absolute atomic E-state index is 0.595. The average Bonchev–Trinajstić information content (AvgIpc) is 2.25. The summed E-state index contributed by atoms with van der Waals surface area (Å²) in [5, 5.41) is 15.0. The molecule has 1 rings (SSSR count). The van der Waals surface area contributed by atoms with E-state index in [0.717, 1.165) is 11.3 Å². The first-order chi connectivity index (χ1) is 6.79. The van der Waals surface area contributed by atoms with E-state index >= 15 is 0 Å². The lowest BCUT2D eigenvalue weighted by atomic mass is 10.1. The predicted molar refractivity (Wildman–Crippen MR) is 59.1 cm³/mol. The molecule has 0 aromatic heterocycles. The highest BCUT2D eigenvalue weighted by molar-refractivity contribution is 6.03. The quantitative estimate of drug-likeness (QED) is 0.331. The van der Waals surface area contributed by atoms with Crippen LogP contribution in [0.2, 0.25) is 0 Å². The Balaban J connectivity index is 2.96. The smallest absolute Gasteiger partial charge is 0.0857 e. The summed E-state index contributed by atoms with van der Waals surface area (Å²) in [6.07, 6.45) is 1.78. The lowest BCUT2D eigenvalue weighted by Crippen LogP contribution is -2.04. The predicted octanol–water partition coefficient (Wildman–Crippen LogP) is 2.48. The minimum atomic E-state index is 0.595. The third-order valence-electron chi connectivity index (χ3n) is 1.90. The molecule has 3 nitrogen and oxygen atoms in total. The molecule has 1 aromatic carbocycles. The maximum Gasteiger partial charge on any atom is 0.0857 e. The van der Waals surface area contributed by atoms with Gasteiger partial charge in [0, 0.05) is 17.8 Å². The Morgan fingerprint density at radius 1 is 1.57 bits per heavy atom. The van der Waals surface area contributed by atoms with E-state index in [-0.39, 0.29) is 0 Å². The van der Waals surface area contributed by atoms with E-state index < -0.39 is 0 Å². The summed E-state index contributed by atoms with van der Waals surface area (Å²) in [4.78, 5) is 0. The number of anilines is 1. The van der Waals surface area contributed by atoms with E-state index in [1.807, 2.05) is 24.3 Å². The number of para-hydroxylation sites is 1. The first kappa shape index (κ1) is 10.3. The third kappa shape index (κ3) is 2.36. The van der Waals surface area contributed by atoms with Gasteiger partial charge in [0.05, 0.1) is 5.71 Å². The van der Waals surface area contributed by atoms with Gasteiger partial charge in [-0.15, -0.1) is 6.58 Å². The number of hydrogen-bond donors (Lipinski definition) is 2. The molecule has 0 aliphatic heterocycles. The molecule has 0 atom stereocenters. The maximum absolute atomic E-state index is 8.68. The lowest BCUT2D eigenvalue weighted by molar-refractivity contribution is 0.319. The fourth-order valence-corrected chi connectivity index (χ4v) is 1.19. The molecule has 2 N–H and O–H groups in total. The van der Waals surface area contributed by atoms with Gasteiger partial charge < -0.3 is 10.5 Å². The Morgan fingerprint density at radius 2 is 2.29 bits per heavy atom. The molecule has 0 spiro atoms. The van der Waals surface area contributed by atoms with Crippen LogP contribution < -0.4 is 5.32 Å². The Bertz CT molecular complexity index is 345. The van der Waals surface area contributed by atoms with E-state index in [0.29, 0.717) is 12.3 Å². The van der Waals surface area contributed by atoms with E-state index in [2.05, 4.69) is 17.1 Å². The Kier molecular flexibility index (Phi) is 3.73. The van der Waals surface area contributed by atoms with Crippen molar-refractivity contribution in [3.63, 3.8) is 0 Å². The first-order valence-corrected chi connectivity index (χ1v) is 4.42. The van der Waals surface area contributed by atoms with Crippen LogP contribution in [0.3, 0.4) is 0 Å². The van der Waals surface area contributed by atoms with Crippen molar-refractivity contribution >= 4 is 11.4 Å². The van der Waals surface area contributed by atoms with Crippen molar-refractivity contribution in [3.8, 4) is 0 Å². The van der Waals surface area contributed by atoms with Crippen LogP contribution in [0, 0.1) is 0 Å². The molecule has 0 saturated heterocycles. The highest BCUT2D eigenvalue weighted by atomic mass is 16.4. The van der Waals surface area contributed by atoms with Gasteiger partial charge in [0.2, 0.25) is 0 Å². The Labute approximate surface area is 83.8 Å². The SMILES string of the molecule is C=CCNc1ccccc1/C(C)=N\O. The second kappa shape index (κ2) is 5.07. The molecule has 0 aliphatic rings. The molecule has 0 heterocycles. The number of oxime groups is 1. The largest absolute Gasteiger partial charge is 0.411 e. The molecular formula is C11H14N2O. The van der Waals surface area contributed by atoms with Crippen LogP contribution in [-0.4, -0.2) is 17.5 Å². The summed E-state index contributed by atoms with van der Waals surface area (Å²) in [5.41, 5.74) is 2.44. The number of benzene rings is 1. The zero-order chi connectivity index (χ0) is 10.4.